The van der Waals surface area contributed by atoms with E-state index in [9.17, 15) is 14.7 Å². The minimum Gasteiger partial charge on any atom is -0.508 e. The Hall–Kier alpha value is -2.82. The van der Waals surface area contributed by atoms with Crippen LogP contribution in [0.2, 0.25) is 0 Å². The molecule has 5 nitrogen and oxygen atoms in total. The van der Waals surface area contributed by atoms with Crippen molar-refractivity contribution in [1.82, 2.24) is 0 Å². The summed E-state index contributed by atoms with van der Waals surface area (Å²) >= 11 is 0. The zero-order valence-electron chi connectivity index (χ0n) is 13.5. The molecule has 24 heavy (non-hydrogen) atoms. The second kappa shape index (κ2) is 7.64. The van der Waals surface area contributed by atoms with E-state index in [0.717, 1.165) is 36.0 Å². The molecule has 0 aliphatic rings. The van der Waals surface area contributed by atoms with Crippen LogP contribution in [0.1, 0.15) is 50.8 Å². The van der Waals surface area contributed by atoms with Crippen LogP contribution in [0.25, 0.3) is 0 Å². The number of aromatic carboxylic acids is 2. The highest BCUT2D eigenvalue weighted by Crippen LogP contribution is 2.20. The third-order valence-corrected chi connectivity index (χ3v) is 4.00. The monoisotopic (exact) mass is 328 g/mol. The lowest BCUT2D eigenvalue weighted by Gasteiger charge is -2.08. The van der Waals surface area contributed by atoms with Crippen molar-refractivity contribution in [3.63, 3.8) is 0 Å². The topological polar surface area (TPSA) is 94.8 Å². The summed E-state index contributed by atoms with van der Waals surface area (Å²) in [6.07, 6.45) is 3.02. The smallest absolute Gasteiger partial charge is 0.336 e. The molecule has 0 aliphatic carbocycles. The van der Waals surface area contributed by atoms with Gasteiger partial charge in [0.1, 0.15) is 5.75 Å². The standard InChI is InChI=1S/C19H20O5/c1-2-14-10-12(7-9-17(14)20)4-3-5-13-6-8-15(18(21)22)16(11-13)19(23)24/h6-11,20H,2-5H2,1H3,(H,21,22)(H,23,24). The van der Waals surface area contributed by atoms with Gasteiger partial charge in [-0.15, -0.1) is 0 Å². The molecule has 0 heterocycles. The van der Waals surface area contributed by atoms with E-state index in [2.05, 4.69) is 0 Å². The summed E-state index contributed by atoms with van der Waals surface area (Å²) in [5.74, 6) is -2.17. The van der Waals surface area contributed by atoms with Crippen LogP contribution in [-0.2, 0) is 19.3 Å². The van der Waals surface area contributed by atoms with Crippen LogP contribution in [0.15, 0.2) is 36.4 Å². The number of benzene rings is 2. The first-order chi connectivity index (χ1) is 11.4. The lowest BCUT2D eigenvalue weighted by atomic mass is 9.98. The highest BCUT2D eigenvalue weighted by atomic mass is 16.4. The molecule has 0 aromatic heterocycles. The molecule has 5 heteroatoms. The van der Waals surface area contributed by atoms with E-state index in [1.165, 1.54) is 12.1 Å². The Bertz CT molecular complexity index is 764. The third-order valence-electron chi connectivity index (χ3n) is 4.00. The van der Waals surface area contributed by atoms with Gasteiger partial charge in [-0.25, -0.2) is 9.59 Å². The number of phenolic OH excluding ortho intramolecular Hbond substituents is 1. The molecular formula is C19H20O5. The van der Waals surface area contributed by atoms with Crippen molar-refractivity contribution in [1.29, 1.82) is 0 Å². The summed E-state index contributed by atoms with van der Waals surface area (Å²) in [4.78, 5) is 22.2. The van der Waals surface area contributed by atoms with E-state index >= 15 is 0 Å². The highest BCUT2D eigenvalue weighted by molar-refractivity contribution is 6.01. The Morgan fingerprint density at radius 2 is 1.46 bits per heavy atom. The predicted molar refractivity (Wildman–Crippen MR) is 89.9 cm³/mol. The molecule has 126 valence electrons. The van der Waals surface area contributed by atoms with E-state index in [-0.39, 0.29) is 11.1 Å². The van der Waals surface area contributed by atoms with Gasteiger partial charge in [0.05, 0.1) is 11.1 Å². The van der Waals surface area contributed by atoms with Gasteiger partial charge < -0.3 is 15.3 Å². The fraction of sp³-hybridized carbons (Fsp3) is 0.263. The van der Waals surface area contributed by atoms with Crippen LogP contribution in [-0.4, -0.2) is 27.3 Å². The van der Waals surface area contributed by atoms with Crippen molar-refractivity contribution in [2.45, 2.75) is 32.6 Å². The van der Waals surface area contributed by atoms with E-state index in [1.807, 2.05) is 19.1 Å². The Morgan fingerprint density at radius 3 is 2.04 bits per heavy atom. The molecule has 0 aliphatic heterocycles. The van der Waals surface area contributed by atoms with Crippen molar-refractivity contribution in [3.05, 3.63) is 64.2 Å². The van der Waals surface area contributed by atoms with Crippen LogP contribution < -0.4 is 0 Å². The van der Waals surface area contributed by atoms with Crippen LogP contribution >= 0.6 is 0 Å². The molecule has 2 rings (SSSR count). The third kappa shape index (κ3) is 4.13. The van der Waals surface area contributed by atoms with Crippen molar-refractivity contribution in [3.8, 4) is 5.75 Å². The number of carbonyl (C=O) groups is 2. The van der Waals surface area contributed by atoms with Crippen molar-refractivity contribution in [2.24, 2.45) is 0 Å². The van der Waals surface area contributed by atoms with E-state index in [1.54, 1.807) is 12.1 Å². The number of carboxylic acid groups (broad SMARTS) is 2. The Labute approximate surface area is 140 Å². The first kappa shape index (κ1) is 17.5. The van der Waals surface area contributed by atoms with Gasteiger partial charge in [-0.2, -0.15) is 0 Å². The van der Waals surface area contributed by atoms with Gasteiger partial charge in [0.25, 0.3) is 0 Å². The minimum atomic E-state index is -1.24. The van der Waals surface area contributed by atoms with Gasteiger partial charge in [0.15, 0.2) is 0 Å². The zero-order chi connectivity index (χ0) is 17.7. The summed E-state index contributed by atoms with van der Waals surface area (Å²) in [5, 5.41) is 27.8. The van der Waals surface area contributed by atoms with E-state index in [4.69, 9.17) is 10.2 Å². The quantitative estimate of drug-likeness (QED) is 0.723. The first-order valence-electron chi connectivity index (χ1n) is 7.82. The van der Waals surface area contributed by atoms with Gasteiger partial charge in [-0.05, 0) is 60.6 Å². The Morgan fingerprint density at radius 1 is 0.875 bits per heavy atom. The molecule has 0 amide bonds. The molecule has 0 radical (unpaired) electrons. The second-order valence-electron chi connectivity index (χ2n) is 5.66. The average Bonchev–Trinajstić information content (AvgIpc) is 2.56. The summed E-state index contributed by atoms with van der Waals surface area (Å²) in [7, 11) is 0. The van der Waals surface area contributed by atoms with Crippen LogP contribution in [0.5, 0.6) is 5.75 Å². The molecule has 0 spiro atoms. The number of hydrogen-bond donors (Lipinski definition) is 3. The molecule has 0 saturated heterocycles. The first-order valence-corrected chi connectivity index (χ1v) is 7.82. The maximum absolute atomic E-state index is 11.2. The number of aromatic hydroxyl groups is 1. The molecular weight excluding hydrogens is 308 g/mol. The number of hydrogen-bond acceptors (Lipinski definition) is 3. The molecule has 2 aromatic rings. The SMILES string of the molecule is CCc1cc(CCCc2ccc(C(=O)O)c(C(=O)O)c2)ccc1O. The van der Waals surface area contributed by atoms with Crippen molar-refractivity contribution in [2.75, 3.05) is 0 Å². The summed E-state index contributed by atoms with van der Waals surface area (Å²) in [5.41, 5.74) is 2.44. The van der Waals surface area contributed by atoms with Gasteiger partial charge in [0.2, 0.25) is 0 Å². The van der Waals surface area contributed by atoms with Gasteiger partial charge in [-0.1, -0.05) is 25.1 Å². The van der Waals surface area contributed by atoms with Crippen molar-refractivity contribution >= 4 is 11.9 Å². The van der Waals surface area contributed by atoms with Gasteiger partial charge in [0, 0.05) is 0 Å². The summed E-state index contributed by atoms with van der Waals surface area (Å²) in [6.45, 7) is 1.98. The number of rotatable bonds is 7. The number of phenols is 1. The van der Waals surface area contributed by atoms with Crippen molar-refractivity contribution < 1.29 is 24.9 Å². The second-order valence-corrected chi connectivity index (χ2v) is 5.66. The zero-order valence-corrected chi connectivity index (χ0v) is 13.5. The van der Waals surface area contributed by atoms with E-state index < -0.39 is 11.9 Å². The van der Waals surface area contributed by atoms with E-state index in [0.29, 0.717) is 12.2 Å². The van der Waals surface area contributed by atoms with Crippen LogP contribution in [0.3, 0.4) is 0 Å². The lowest BCUT2D eigenvalue weighted by molar-refractivity contribution is 0.0651. The normalized spacial score (nSPS) is 10.5. The molecule has 0 saturated carbocycles. The van der Waals surface area contributed by atoms with Crippen LogP contribution in [0, 0.1) is 0 Å². The summed E-state index contributed by atoms with van der Waals surface area (Å²) < 4.78 is 0. The Kier molecular flexibility index (Phi) is 5.58. The number of aryl methyl sites for hydroxylation is 3. The fourth-order valence-electron chi connectivity index (χ4n) is 2.68. The largest absolute Gasteiger partial charge is 0.508 e. The van der Waals surface area contributed by atoms with Gasteiger partial charge in [-0.3, -0.25) is 0 Å². The maximum atomic E-state index is 11.2. The Balaban J connectivity index is 2.06. The highest BCUT2D eigenvalue weighted by Gasteiger charge is 2.16. The minimum absolute atomic E-state index is 0.182. The number of carboxylic acids is 2. The molecule has 0 atom stereocenters. The average molecular weight is 328 g/mol. The molecule has 0 unspecified atom stereocenters. The maximum Gasteiger partial charge on any atom is 0.336 e. The molecule has 3 N–H and O–H groups in total. The molecule has 2 aromatic carbocycles. The molecule has 0 bridgehead atoms. The van der Waals surface area contributed by atoms with Crippen LogP contribution in [0.4, 0.5) is 0 Å². The fourth-order valence-corrected chi connectivity index (χ4v) is 2.68. The van der Waals surface area contributed by atoms with Gasteiger partial charge >= 0.3 is 11.9 Å². The predicted octanol–water partition coefficient (Wildman–Crippen LogP) is 3.53. The lowest BCUT2D eigenvalue weighted by Crippen LogP contribution is -2.08. The summed E-state index contributed by atoms with van der Waals surface area (Å²) in [6, 6.07) is 9.98. The molecule has 0 fully saturated rings.